The number of hydrogen-bond donors (Lipinski definition) is 1. The summed E-state index contributed by atoms with van der Waals surface area (Å²) >= 11 is 9.53. The Bertz CT molecular complexity index is 816. The minimum Gasteiger partial charge on any atom is -0.348 e. The van der Waals surface area contributed by atoms with Crippen LogP contribution in [0.3, 0.4) is 0 Å². The van der Waals surface area contributed by atoms with Gasteiger partial charge in [-0.25, -0.2) is 0 Å². The van der Waals surface area contributed by atoms with Crippen LogP contribution in [0.2, 0.25) is 5.02 Å². The second kappa shape index (κ2) is 6.98. The van der Waals surface area contributed by atoms with Gasteiger partial charge < -0.3 is 5.32 Å². The van der Waals surface area contributed by atoms with Crippen molar-refractivity contribution in [3.8, 4) is 10.4 Å². The number of thioether (sulfide) groups is 1. The second-order valence-corrected chi connectivity index (χ2v) is 9.75. The van der Waals surface area contributed by atoms with Gasteiger partial charge in [-0.2, -0.15) is 0 Å². The molecule has 1 aromatic heterocycles. The van der Waals surface area contributed by atoms with Gasteiger partial charge in [0.2, 0.25) is 0 Å². The highest BCUT2D eigenvalue weighted by atomic mass is 35.5. The normalized spacial score (nSPS) is 25.2. The SMILES string of the molecule is C[C@@H]1[C@H](C)CCC[C@@H]1NC(=O)c1cc2c(s1)-c1ccc(Cl)cc1SC2. The molecule has 1 fully saturated rings. The zero-order valence-electron chi connectivity index (χ0n) is 14.5. The van der Waals surface area contributed by atoms with E-state index in [0.29, 0.717) is 17.9 Å². The number of fused-ring (bicyclic) bond motifs is 3. The highest BCUT2D eigenvalue weighted by Gasteiger charge is 2.29. The lowest BCUT2D eigenvalue weighted by Gasteiger charge is -2.34. The van der Waals surface area contributed by atoms with E-state index in [4.69, 9.17) is 11.6 Å². The largest absolute Gasteiger partial charge is 0.348 e. The molecular weight excluding hydrogens is 370 g/mol. The van der Waals surface area contributed by atoms with Crippen molar-refractivity contribution >= 4 is 40.6 Å². The van der Waals surface area contributed by atoms with E-state index in [1.807, 2.05) is 12.1 Å². The molecule has 1 amide bonds. The molecule has 0 spiro atoms. The lowest BCUT2D eigenvalue weighted by atomic mass is 9.78. The first-order chi connectivity index (χ1) is 12.0. The molecule has 1 N–H and O–H groups in total. The lowest BCUT2D eigenvalue weighted by Crippen LogP contribution is -2.43. The highest BCUT2D eigenvalue weighted by Crippen LogP contribution is 2.46. The molecule has 2 aromatic rings. The van der Waals surface area contributed by atoms with E-state index in [-0.39, 0.29) is 5.91 Å². The molecule has 1 aliphatic heterocycles. The molecule has 3 atom stereocenters. The molecule has 0 saturated heterocycles. The number of amides is 1. The maximum Gasteiger partial charge on any atom is 0.261 e. The van der Waals surface area contributed by atoms with Crippen molar-refractivity contribution in [2.75, 3.05) is 0 Å². The zero-order chi connectivity index (χ0) is 17.6. The van der Waals surface area contributed by atoms with Gasteiger partial charge in [0.15, 0.2) is 0 Å². The van der Waals surface area contributed by atoms with Crippen molar-refractivity contribution in [3.63, 3.8) is 0 Å². The number of benzene rings is 1. The maximum absolute atomic E-state index is 12.8. The van der Waals surface area contributed by atoms with Crippen LogP contribution >= 0.6 is 34.7 Å². The molecule has 2 aliphatic rings. The number of halogens is 1. The van der Waals surface area contributed by atoms with Crippen LogP contribution in [0.25, 0.3) is 10.4 Å². The minimum absolute atomic E-state index is 0.0888. The molecular formula is C20H22ClNOS2. The third-order valence-electron chi connectivity index (χ3n) is 5.63. The molecule has 4 rings (SSSR count). The van der Waals surface area contributed by atoms with Crippen LogP contribution in [0, 0.1) is 11.8 Å². The van der Waals surface area contributed by atoms with Crippen LogP contribution in [-0.2, 0) is 5.75 Å². The highest BCUT2D eigenvalue weighted by molar-refractivity contribution is 7.98. The van der Waals surface area contributed by atoms with Crippen molar-refractivity contribution in [2.24, 2.45) is 11.8 Å². The van der Waals surface area contributed by atoms with E-state index >= 15 is 0 Å². The predicted molar refractivity (Wildman–Crippen MR) is 108 cm³/mol. The molecule has 5 heteroatoms. The van der Waals surface area contributed by atoms with E-state index in [9.17, 15) is 4.79 Å². The molecule has 0 bridgehead atoms. The number of carbonyl (C=O) groups excluding carboxylic acids is 1. The van der Waals surface area contributed by atoms with E-state index in [1.165, 1.54) is 33.7 Å². The van der Waals surface area contributed by atoms with Crippen molar-refractivity contribution in [3.05, 3.63) is 39.7 Å². The Morgan fingerprint density at radius 2 is 2.08 bits per heavy atom. The van der Waals surface area contributed by atoms with Crippen LogP contribution in [0.1, 0.15) is 48.3 Å². The van der Waals surface area contributed by atoms with Crippen LogP contribution in [0.15, 0.2) is 29.2 Å². The van der Waals surface area contributed by atoms with E-state index < -0.39 is 0 Å². The molecule has 2 nitrogen and oxygen atoms in total. The topological polar surface area (TPSA) is 29.1 Å². The summed E-state index contributed by atoms with van der Waals surface area (Å²) in [5.41, 5.74) is 2.47. The Kier molecular flexibility index (Phi) is 4.87. The Morgan fingerprint density at radius 3 is 2.92 bits per heavy atom. The van der Waals surface area contributed by atoms with Gasteiger partial charge in [0.05, 0.1) is 4.88 Å². The summed E-state index contributed by atoms with van der Waals surface area (Å²) in [5.74, 6) is 2.23. The standard InChI is InChI=1S/C20H22ClNOS2/c1-11-4-3-5-16(12(11)2)22-20(23)18-8-13-10-24-17-9-14(21)6-7-15(17)19(13)25-18/h6-9,11-12,16H,3-5,10H2,1-2H3,(H,22,23)/t11-,12-,16+/m1/s1. The summed E-state index contributed by atoms with van der Waals surface area (Å²) in [6, 6.07) is 8.41. The van der Waals surface area contributed by atoms with Crippen molar-refractivity contribution in [2.45, 2.75) is 49.8 Å². The quantitative estimate of drug-likeness (QED) is 0.657. The summed E-state index contributed by atoms with van der Waals surface area (Å²) in [6.45, 7) is 4.57. The second-order valence-electron chi connectivity index (χ2n) is 7.24. The predicted octanol–water partition coefficient (Wildman–Crippen LogP) is 6.23. The van der Waals surface area contributed by atoms with Gasteiger partial charge in [-0.05, 0) is 42.0 Å². The summed E-state index contributed by atoms with van der Waals surface area (Å²) in [5, 5.41) is 4.07. The van der Waals surface area contributed by atoms with Gasteiger partial charge >= 0.3 is 0 Å². The van der Waals surface area contributed by atoms with E-state index in [1.54, 1.807) is 23.1 Å². The average Bonchev–Trinajstić information content (AvgIpc) is 3.03. The number of nitrogens with one attached hydrogen (secondary N) is 1. The first kappa shape index (κ1) is 17.4. The fourth-order valence-electron chi connectivity index (χ4n) is 3.86. The third-order valence-corrected chi connectivity index (χ3v) is 8.18. The van der Waals surface area contributed by atoms with E-state index in [0.717, 1.165) is 22.1 Å². The average molecular weight is 392 g/mol. The van der Waals surface area contributed by atoms with Crippen molar-refractivity contribution in [1.82, 2.24) is 5.32 Å². The first-order valence-electron chi connectivity index (χ1n) is 8.89. The van der Waals surface area contributed by atoms with Gasteiger partial charge in [0.1, 0.15) is 0 Å². The van der Waals surface area contributed by atoms with Crippen LogP contribution in [-0.4, -0.2) is 11.9 Å². The smallest absolute Gasteiger partial charge is 0.261 e. The Hall–Kier alpha value is -0.970. The Balaban J connectivity index is 1.57. The molecule has 2 heterocycles. The van der Waals surface area contributed by atoms with Crippen molar-refractivity contribution < 1.29 is 4.79 Å². The van der Waals surface area contributed by atoms with Gasteiger partial charge in [-0.3, -0.25) is 4.79 Å². The van der Waals surface area contributed by atoms with Crippen molar-refractivity contribution in [1.29, 1.82) is 0 Å². The molecule has 1 saturated carbocycles. The van der Waals surface area contributed by atoms with Gasteiger partial charge in [0, 0.05) is 32.2 Å². The Morgan fingerprint density at radius 1 is 1.24 bits per heavy atom. The molecule has 25 heavy (non-hydrogen) atoms. The molecule has 132 valence electrons. The van der Waals surface area contributed by atoms with Crippen LogP contribution < -0.4 is 5.32 Å². The third kappa shape index (κ3) is 3.36. The maximum atomic E-state index is 12.8. The number of thiophene rings is 1. The zero-order valence-corrected chi connectivity index (χ0v) is 16.9. The number of rotatable bonds is 2. The molecule has 1 aromatic carbocycles. The number of hydrogen-bond acceptors (Lipinski definition) is 3. The summed E-state index contributed by atoms with van der Waals surface area (Å²) in [4.78, 5) is 16.1. The monoisotopic (exact) mass is 391 g/mol. The Labute approximate surface area is 162 Å². The number of carbonyl (C=O) groups is 1. The fourth-order valence-corrected chi connectivity index (χ4v) is 6.45. The summed E-state index contributed by atoms with van der Waals surface area (Å²) in [7, 11) is 0. The van der Waals surface area contributed by atoms with Gasteiger partial charge in [-0.15, -0.1) is 23.1 Å². The fraction of sp³-hybridized carbons (Fsp3) is 0.450. The lowest BCUT2D eigenvalue weighted by molar-refractivity contribution is 0.0895. The van der Waals surface area contributed by atoms with Crippen LogP contribution in [0.5, 0.6) is 0 Å². The summed E-state index contributed by atoms with van der Waals surface area (Å²) in [6.07, 6.45) is 3.58. The molecule has 1 aliphatic carbocycles. The summed E-state index contributed by atoms with van der Waals surface area (Å²) < 4.78 is 0. The van der Waals surface area contributed by atoms with Crippen LogP contribution in [0.4, 0.5) is 0 Å². The van der Waals surface area contributed by atoms with E-state index in [2.05, 4.69) is 31.3 Å². The van der Waals surface area contributed by atoms with Gasteiger partial charge in [0.25, 0.3) is 5.91 Å². The molecule has 0 unspecified atom stereocenters. The minimum atomic E-state index is 0.0888. The first-order valence-corrected chi connectivity index (χ1v) is 11.1. The molecule has 0 radical (unpaired) electrons. The van der Waals surface area contributed by atoms with Gasteiger partial charge in [-0.1, -0.05) is 44.4 Å².